The summed E-state index contributed by atoms with van der Waals surface area (Å²) in [6.07, 6.45) is 0.326. The van der Waals surface area contributed by atoms with E-state index in [1.807, 2.05) is 24.3 Å². The van der Waals surface area contributed by atoms with Crippen molar-refractivity contribution >= 4 is 28.2 Å². The van der Waals surface area contributed by atoms with E-state index >= 15 is 0 Å². The highest BCUT2D eigenvalue weighted by molar-refractivity contribution is 6.25. The van der Waals surface area contributed by atoms with E-state index < -0.39 is 58.0 Å². The van der Waals surface area contributed by atoms with Crippen molar-refractivity contribution in [2.24, 2.45) is 17.6 Å². The maximum atomic E-state index is 14.0. The standard InChI is InChI=1S/C31H36N4O7/c1-33(2)18-12-35(13-18)11-14-5-6-15-8-16-9-17-10-20-24(34(3)4)27(38)23(30(32)41)29(40)31(20,42)28(39)22(17)26(37)21(16)25(36)19(15)7-14/h5-8,17-18,20,24,36,38-39,42H,9-13H2,1-4H3,(H2,32,41)/t17-,20-,24-,31-/m0/s1. The average Bonchev–Trinajstić information content (AvgIpc) is 2.87. The van der Waals surface area contributed by atoms with Crippen molar-refractivity contribution in [2.45, 2.75) is 37.1 Å². The van der Waals surface area contributed by atoms with Crippen molar-refractivity contribution in [1.82, 2.24) is 14.7 Å². The number of likely N-dealkylation sites (N-methyl/N-ethyl adjacent to an activating group) is 2. The minimum atomic E-state index is -2.65. The fourth-order valence-corrected chi connectivity index (χ4v) is 7.42. The van der Waals surface area contributed by atoms with Crippen molar-refractivity contribution in [3.8, 4) is 5.75 Å². The first kappa shape index (κ1) is 28.4. The van der Waals surface area contributed by atoms with Gasteiger partial charge in [-0.25, -0.2) is 0 Å². The summed E-state index contributed by atoms with van der Waals surface area (Å²) in [5, 5.41) is 46.8. The molecular formula is C31H36N4O7. The number of likely N-dealkylation sites (tertiary alicyclic amines) is 1. The highest BCUT2D eigenvalue weighted by Gasteiger charge is 2.63. The van der Waals surface area contributed by atoms with Crippen LogP contribution in [0.15, 0.2) is 46.9 Å². The molecule has 1 fully saturated rings. The van der Waals surface area contributed by atoms with Gasteiger partial charge in [0.1, 0.15) is 22.8 Å². The SMILES string of the molecule is CN(C)C1CN(Cc2ccc3cc4c(c(O)c3c2)C(=O)C2=C(O)[C@]3(O)C(=O)C(C(N)=O)=C(O)[C@@H](N(C)C)[C@@H]3C[C@@H]2C4)C1. The molecule has 0 radical (unpaired) electrons. The first-order valence-electron chi connectivity index (χ1n) is 14.1. The van der Waals surface area contributed by atoms with Gasteiger partial charge in [-0.3, -0.25) is 24.2 Å². The van der Waals surface area contributed by atoms with E-state index in [1.165, 1.54) is 4.90 Å². The summed E-state index contributed by atoms with van der Waals surface area (Å²) in [4.78, 5) is 45.6. The molecule has 0 aromatic heterocycles. The number of carbonyl (C=O) groups excluding carboxylic acids is 3. The molecule has 2 aromatic rings. The molecule has 6 N–H and O–H groups in total. The molecule has 4 atom stereocenters. The second kappa shape index (κ2) is 9.63. The Kier molecular flexibility index (Phi) is 6.50. The number of hydrogen-bond donors (Lipinski definition) is 5. The fraction of sp³-hybridized carbons (Fsp3) is 0.452. The number of nitrogens with two attached hydrogens (primary N) is 1. The van der Waals surface area contributed by atoms with E-state index in [4.69, 9.17) is 5.73 Å². The van der Waals surface area contributed by atoms with Crippen molar-refractivity contribution in [1.29, 1.82) is 0 Å². The molecule has 2 aromatic carbocycles. The largest absolute Gasteiger partial charge is 0.510 e. The number of aliphatic hydroxyl groups is 3. The highest BCUT2D eigenvalue weighted by atomic mass is 16.3. The van der Waals surface area contributed by atoms with Gasteiger partial charge in [-0.2, -0.15) is 0 Å². The van der Waals surface area contributed by atoms with Crippen molar-refractivity contribution < 1.29 is 34.8 Å². The van der Waals surface area contributed by atoms with Gasteiger partial charge < -0.3 is 31.1 Å². The van der Waals surface area contributed by atoms with E-state index in [0.29, 0.717) is 23.5 Å². The molecule has 4 aliphatic rings. The molecule has 222 valence electrons. The van der Waals surface area contributed by atoms with E-state index in [9.17, 15) is 34.8 Å². The normalized spacial score (nSPS) is 28.3. The first-order chi connectivity index (χ1) is 19.7. The number of phenolic OH excluding ortho intramolecular Hbond substituents is 1. The molecular weight excluding hydrogens is 540 g/mol. The molecule has 11 nitrogen and oxygen atoms in total. The highest BCUT2D eigenvalue weighted by Crippen LogP contribution is 2.52. The van der Waals surface area contributed by atoms with Crippen molar-refractivity contribution in [3.63, 3.8) is 0 Å². The third kappa shape index (κ3) is 3.91. The fourth-order valence-electron chi connectivity index (χ4n) is 7.42. The summed E-state index contributed by atoms with van der Waals surface area (Å²) < 4.78 is 0. The van der Waals surface area contributed by atoms with Gasteiger partial charge in [-0.05, 0) is 69.5 Å². The minimum absolute atomic E-state index is 0.0251. The van der Waals surface area contributed by atoms with Crippen molar-refractivity contribution in [2.75, 3.05) is 41.3 Å². The Morgan fingerprint density at radius 1 is 1.07 bits per heavy atom. The molecule has 11 heteroatoms. The molecule has 1 saturated heterocycles. The van der Waals surface area contributed by atoms with Crippen LogP contribution in [0.3, 0.4) is 0 Å². The molecule has 1 aliphatic heterocycles. The summed E-state index contributed by atoms with van der Waals surface area (Å²) in [7, 11) is 7.32. The quantitative estimate of drug-likeness (QED) is 0.324. The predicted molar refractivity (Wildman–Crippen MR) is 154 cm³/mol. The Bertz CT molecular complexity index is 1620. The number of aromatic hydroxyl groups is 1. The van der Waals surface area contributed by atoms with Crippen LogP contribution in [-0.4, -0.2) is 112 Å². The topological polar surface area (TPSA) is 168 Å². The third-order valence-corrected chi connectivity index (χ3v) is 9.67. The Labute approximate surface area is 243 Å². The van der Waals surface area contributed by atoms with Crippen LogP contribution in [0.2, 0.25) is 0 Å². The molecule has 1 heterocycles. The second-order valence-electron chi connectivity index (χ2n) is 12.6. The van der Waals surface area contributed by atoms with Crippen LogP contribution in [0, 0.1) is 11.8 Å². The lowest BCUT2D eigenvalue weighted by Crippen LogP contribution is -2.63. The van der Waals surface area contributed by atoms with Crippen LogP contribution < -0.4 is 5.73 Å². The number of hydrogen-bond acceptors (Lipinski definition) is 10. The third-order valence-electron chi connectivity index (χ3n) is 9.67. The van der Waals surface area contributed by atoms with Gasteiger partial charge in [0.15, 0.2) is 11.4 Å². The maximum absolute atomic E-state index is 14.0. The van der Waals surface area contributed by atoms with Crippen LogP contribution in [0.4, 0.5) is 0 Å². The predicted octanol–water partition coefficient (Wildman–Crippen LogP) is 1.02. The number of primary amides is 1. The summed E-state index contributed by atoms with van der Waals surface area (Å²) in [5.41, 5.74) is 3.39. The smallest absolute Gasteiger partial charge is 0.255 e. The monoisotopic (exact) mass is 576 g/mol. The lowest BCUT2D eigenvalue weighted by Gasteiger charge is -2.50. The number of amides is 1. The number of Topliss-reactive ketones (excluding diaryl/α,β-unsaturated/α-hetero) is 2. The van der Waals surface area contributed by atoms with Gasteiger partial charge in [0.05, 0.1) is 11.6 Å². The van der Waals surface area contributed by atoms with Crippen LogP contribution >= 0.6 is 0 Å². The Morgan fingerprint density at radius 3 is 2.38 bits per heavy atom. The number of rotatable bonds is 5. The number of carbonyl (C=O) groups is 3. The Balaban J connectivity index is 1.42. The molecule has 3 aliphatic carbocycles. The zero-order chi connectivity index (χ0) is 30.4. The zero-order valence-corrected chi connectivity index (χ0v) is 24.1. The molecule has 0 spiro atoms. The lowest BCUT2D eigenvalue weighted by atomic mass is 9.58. The Morgan fingerprint density at radius 2 is 1.76 bits per heavy atom. The van der Waals surface area contributed by atoms with Crippen LogP contribution in [0.25, 0.3) is 10.8 Å². The number of ketones is 2. The van der Waals surface area contributed by atoms with Gasteiger partial charge >= 0.3 is 0 Å². The summed E-state index contributed by atoms with van der Waals surface area (Å²) in [5.74, 6) is -6.46. The average molecular weight is 577 g/mol. The number of phenols is 1. The first-order valence-corrected chi connectivity index (χ1v) is 14.1. The van der Waals surface area contributed by atoms with Gasteiger partial charge in [0, 0.05) is 42.6 Å². The van der Waals surface area contributed by atoms with Crippen molar-refractivity contribution in [3.05, 3.63) is 63.6 Å². The number of fused-ring (bicyclic) bond motifs is 4. The van der Waals surface area contributed by atoms with Gasteiger partial charge in [0.2, 0.25) is 5.78 Å². The number of allylic oxidation sites excluding steroid dienone is 1. The van der Waals surface area contributed by atoms with Gasteiger partial charge in [0.25, 0.3) is 5.91 Å². The van der Waals surface area contributed by atoms with E-state index in [1.54, 1.807) is 14.1 Å². The van der Waals surface area contributed by atoms with E-state index in [0.717, 1.165) is 24.0 Å². The number of nitrogens with zero attached hydrogens (tertiary/aromatic N) is 3. The molecule has 0 unspecified atom stereocenters. The molecule has 1 amide bonds. The second-order valence-corrected chi connectivity index (χ2v) is 12.6. The van der Waals surface area contributed by atoms with E-state index in [2.05, 4.69) is 23.9 Å². The molecule has 6 rings (SSSR count). The summed E-state index contributed by atoms with van der Waals surface area (Å²) in [6.45, 7) is 2.58. The lowest BCUT2D eigenvalue weighted by molar-refractivity contribution is -0.148. The summed E-state index contributed by atoms with van der Waals surface area (Å²) >= 11 is 0. The maximum Gasteiger partial charge on any atom is 0.255 e. The summed E-state index contributed by atoms with van der Waals surface area (Å²) in [6, 6.07) is 7.16. The van der Waals surface area contributed by atoms with Crippen LogP contribution in [0.1, 0.15) is 27.9 Å². The van der Waals surface area contributed by atoms with E-state index in [-0.39, 0.29) is 29.7 Å². The minimum Gasteiger partial charge on any atom is -0.510 e. The number of benzene rings is 2. The zero-order valence-electron chi connectivity index (χ0n) is 24.1. The van der Waals surface area contributed by atoms with Gasteiger partial charge in [-0.15, -0.1) is 0 Å². The van der Waals surface area contributed by atoms with Crippen LogP contribution in [-0.2, 0) is 22.6 Å². The van der Waals surface area contributed by atoms with Gasteiger partial charge in [-0.1, -0.05) is 18.2 Å². The number of aliphatic hydroxyl groups excluding tert-OH is 2. The molecule has 0 bridgehead atoms. The molecule has 42 heavy (non-hydrogen) atoms. The molecule has 0 saturated carbocycles. The van der Waals surface area contributed by atoms with Crippen LogP contribution in [0.5, 0.6) is 5.75 Å². The Hall–Kier alpha value is -3.77.